The molecule has 2 aromatic rings. The number of ether oxygens (including phenoxy) is 3. The molecule has 0 aliphatic rings. The number of anilines is 1. The highest BCUT2D eigenvalue weighted by atomic mass is 16.6. The maximum atomic E-state index is 12.0. The quantitative estimate of drug-likeness (QED) is 0.753. The molecule has 0 radical (unpaired) electrons. The summed E-state index contributed by atoms with van der Waals surface area (Å²) in [6.07, 6.45) is 0. The van der Waals surface area contributed by atoms with Gasteiger partial charge in [-0.25, -0.2) is 9.59 Å². The zero-order valence-corrected chi connectivity index (χ0v) is 15.4. The van der Waals surface area contributed by atoms with Gasteiger partial charge in [0.1, 0.15) is 5.75 Å². The van der Waals surface area contributed by atoms with E-state index in [1.54, 1.807) is 18.2 Å². The van der Waals surface area contributed by atoms with Crippen LogP contribution in [0.1, 0.15) is 21.5 Å². The molecule has 2 rings (SSSR count). The molecule has 0 aliphatic heterocycles. The molecule has 0 fully saturated rings. The van der Waals surface area contributed by atoms with E-state index in [2.05, 4.69) is 10.1 Å². The second-order valence-electron chi connectivity index (χ2n) is 5.76. The van der Waals surface area contributed by atoms with Crippen LogP contribution in [0.5, 0.6) is 5.75 Å². The smallest absolute Gasteiger partial charge is 0.344 e. The zero-order valence-electron chi connectivity index (χ0n) is 15.4. The summed E-state index contributed by atoms with van der Waals surface area (Å²) in [6.45, 7) is 2.95. The van der Waals surface area contributed by atoms with E-state index in [-0.39, 0.29) is 17.9 Å². The predicted octanol–water partition coefficient (Wildman–Crippen LogP) is 2.65. The van der Waals surface area contributed by atoms with Gasteiger partial charge in [0, 0.05) is 0 Å². The van der Waals surface area contributed by atoms with Crippen molar-refractivity contribution in [1.29, 1.82) is 0 Å². The van der Waals surface area contributed by atoms with Gasteiger partial charge >= 0.3 is 11.9 Å². The SMILES string of the molecule is COC(=O)c1ccccc1NC(=O)COC(=O)COc1c(C)cccc1C. The fraction of sp³-hybridized carbons (Fsp3) is 0.250. The molecule has 7 heteroatoms. The van der Waals surface area contributed by atoms with Crippen molar-refractivity contribution in [3.8, 4) is 5.75 Å². The van der Waals surface area contributed by atoms with Crippen LogP contribution in [0.4, 0.5) is 5.69 Å². The summed E-state index contributed by atoms with van der Waals surface area (Å²) < 4.78 is 15.0. The highest BCUT2D eigenvalue weighted by molar-refractivity contribution is 6.01. The molecule has 0 saturated carbocycles. The summed E-state index contributed by atoms with van der Waals surface area (Å²) in [4.78, 5) is 35.5. The first-order chi connectivity index (χ1) is 12.9. The molecule has 0 unspecified atom stereocenters. The average Bonchev–Trinajstić information content (AvgIpc) is 2.66. The Morgan fingerprint density at radius 3 is 2.26 bits per heavy atom. The minimum Gasteiger partial charge on any atom is -0.481 e. The molecule has 7 nitrogen and oxygen atoms in total. The van der Waals surface area contributed by atoms with Crippen molar-refractivity contribution >= 4 is 23.5 Å². The monoisotopic (exact) mass is 371 g/mol. The number of benzene rings is 2. The van der Waals surface area contributed by atoms with Crippen LogP contribution >= 0.6 is 0 Å². The van der Waals surface area contributed by atoms with Gasteiger partial charge < -0.3 is 19.5 Å². The van der Waals surface area contributed by atoms with Crippen LogP contribution < -0.4 is 10.1 Å². The number of carbonyl (C=O) groups is 3. The molecule has 0 heterocycles. The van der Waals surface area contributed by atoms with Crippen LogP contribution in [0.2, 0.25) is 0 Å². The van der Waals surface area contributed by atoms with Crippen molar-refractivity contribution in [1.82, 2.24) is 0 Å². The number of hydrogen-bond donors (Lipinski definition) is 1. The van der Waals surface area contributed by atoms with Gasteiger partial charge in [0.2, 0.25) is 0 Å². The molecule has 1 amide bonds. The molecule has 0 saturated heterocycles. The molecule has 27 heavy (non-hydrogen) atoms. The summed E-state index contributed by atoms with van der Waals surface area (Å²) in [7, 11) is 1.25. The maximum Gasteiger partial charge on any atom is 0.344 e. The minimum absolute atomic E-state index is 0.207. The molecular formula is C20H21NO6. The normalized spacial score (nSPS) is 10.0. The molecular weight excluding hydrogens is 350 g/mol. The van der Waals surface area contributed by atoms with E-state index in [1.807, 2.05) is 32.0 Å². The van der Waals surface area contributed by atoms with E-state index in [0.717, 1.165) is 11.1 Å². The zero-order chi connectivity index (χ0) is 19.8. The molecule has 0 atom stereocenters. The van der Waals surface area contributed by atoms with Crippen molar-refractivity contribution in [2.45, 2.75) is 13.8 Å². The Labute approximate surface area is 157 Å². The van der Waals surface area contributed by atoms with E-state index in [9.17, 15) is 14.4 Å². The van der Waals surface area contributed by atoms with E-state index in [0.29, 0.717) is 5.75 Å². The van der Waals surface area contributed by atoms with Gasteiger partial charge in [0.15, 0.2) is 13.2 Å². The Balaban J connectivity index is 1.85. The number of methoxy groups -OCH3 is 1. The molecule has 0 aliphatic carbocycles. The lowest BCUT2D eigenvalue weighted by molar-refractivity contribution is -0.149. The van der Waals surface area contributed by atoms with Gasteiger partial charge in [-0.05, 0) is 37.1 Å². The molecule has 0 bridgehead atoms. The third-order valence-corrected chi connectivity index (χ3v) is 3.71. The van der Waals surface area contributed by atoms with Crippen LogP contribution in [0.15, 0.2) is 42.5 Å². The molecule has 142 valence electrons. The Morgan fingerprint density at radius 1 is 0.926 bits per heavy atom. The van der Waals surface area contributed by atoms with Gasteiger partial charge in [-0.1, -0.05) is 30.3 Å². The molecule has 2 aromatic carbocycles. The van der Waals surface area contributed by atoms with Gasteiger partial charge in [0.25, 0.3) is 5.91 Å². The number of amides is 1. The highest BCUT2D eigenvalue weighted by Crippen LogP contribution is 2.22. The number of esters is 2. The van der Waals surface area contributed by atoms with E-state index in [1.165, 1.54) is 13.2 Å². The summed E-state index contributed by atoms with van der Waals surface area (Å²) in [5, 5.41) is 2.52. The van der Waals surface area contributed by atoms with Crippen molar-refractivity contribution in [2.75, 3.05) is 25.6 Å². The topological polar surface area (TPSA) is 90.9 Å². The Bertz CT molecular complexity index is 826. The lowest BCUT2D eigenvalue weighted by Crippen LogP contribution is -2.24. The van der Waals surface area contributed by atoms with Gasteiger partial charge in [-0.15, -0.1) is 0 Å². The Morgan fingerprint density at radius 2 is 1.59 bits per heavy atom. The first-order valence-electron chi connectivity index (χ1n) is 8.24. The second kappa shape index (κ2) is 9.38. The van der Waals surface area contributed by atoms with Crippen molar-refractivity contribution < 1.29 is 28.6 Å². The predicted molar refractivity (Wildman–Crippen MR) is 98.8 cm³/mol. The lowest BCUT2D eigenvalue weighted by Gasteiger charge is -2.12. The van der Waals surface area contributed by atoms with Crippen molar-refractivity contribution in [3.05, 3.63) is 59.2 Å². The maximum absolute atomic E-state index is 12.0. The van der Waals surface area contributed by atoms with Crippen LogP contribution in [0, 0.1) is 13.8 Å². The second-order valence-corrected chi connectivity index (χ2v) is 5.76. The number of para-hydroxylation sites is 2. The summed E-state index contributed by atoms with van der Waals surface area (Å²) in [5.41, 5.74) is 2.29. The van der Waals surface area contributed by atoms with Gasteiger partial charge in [-0.2, -0.15) is 0 Å². The fourth-order valence-corrected chi connectivity index (χ4v) is 2.41. The minimum atomic E-state index is -0.672. The van der Waals surface area contributed by atoms with Crippen molar-refractivity contribution in [2.24, 2.45) is 0 Å². The van der Waals surface area contributed by atoms with E-state index >= 15 is 0 Å². The third kappa shape index (κ3) is 5.57. The number of hydrogen-bond acceptors (Lipinski definition) is 6. The Kier molecular flexibility index (Phi) is 6.93. The van der Waals surface area contributed by atoms with Crippen LogP contribution in [0.3, 0.4) is 0 Å². The Hall–Kier alpha value is -3.35. The largest absolute Gasteiger partial charge is 0.481 e. The summed E-state index contributed by atoms with van der Waals surface area (Å²) in [6, 6.07) is 12.0. The standard InChI is InChI=1S/C20H21NO6/c1-13-7-6-8-14(2)19(13)27-12-18(23)26-11-17(22)21-16-10-5-4-9-15(16)20(24)25-3/h4-10H,11-12H2,1-3H3,(H,21,22). The van der Waals surface area contributed by atoms with Gasteiger partial charge in [0.05, 0.1) is 18.4 Å². The van der Waals surface area contributed by atoms with E-state index in [4.69, 9.17) is 9.47 Å². The first kappa shape index (κ1) is 20.0. The average molecular weight is 371 g/mol. The molecule has 1 N–H and O–H groups in total. The molecule has 0 spiro atoms. The van der Waals surface area contributed by atoms with Gasteiger partial charge in [-0.3, -0.25) is 4.79 Å². The number of rotatable bonds is 7. The highest BCUT2D eigenvalue weighted by Gasteiger charge is 2.15. The summed E-state index contributed by atoms with van der Waals surface area (Å²) >= 11 is 0. The lowest BCUT2D eigenvalue weighted by atomic mass is 10.1. The van der Waals surface area contributed by atoms with Crippen LogP contribution in [-0.4, -0.2) is 38.2 Å². The number of carbonyl (C=O) groups excluding carboxylic acids is 3. The first-order valence-corrected chi connectivity index (χ1v) is 8.24. The number of aryl methyl sites for hydroxylation is 2. The molecule has 0 aromatic heterocycles. The van der Waals surface area contributed by atoms with Crippen molar-refractivity contribution in [3.63, 3.8) is 0 Å². The third-order valence-electron chi connectivity index (χ3n) is 3.71. The van der Waals surface area contributed by atoms with Crippen LogP contribution in [0.25, 0.3) is 0 Å². The number of nitrogens with one attached hydrogen (secondary N) is 1. The van der Waals surface area contributed by atoms with E-state index < -0.39 is 24.5 Å². The summed E-state index contributed by atoms with van der Waals surface area (Å²) in [5.74, 6) is -1.21. The van der Waals surface area contributed by atoms with Crippen LogP contribution in [-0.2, 0) is 19.1 Å². The fourth-order valence-electron chi connectivity index (χ4n) is 2.41.